The van der Waals surface area contributed by atoms with Gasteiger partial charge in [-0.05, 0) is 20.3 Å². The van der Waals surface area contributed by atoms with Gasteiger partial charge in [-0.1, -0.05) is 6.92 Å². The molecule has 1 aliphatic heterocycles. The second-order valence-electron chi connectivity index (χ2n) is 3.00. The molecule has 0 saturated carbocycles. The first-order valence-corrected chi connectivity index (χ1v) is 4.10. The molecule has 0 radical (unpaired) electrons. The number of amides is 2. The number of rotatable bonds is 2. The van der Waals surface area contributed by atoms with Gasteiger partial charge in [0, 0.05) is 6.54 Å². The first-order valence-electron chi connectivity index (χ1n) is 4.10. The molecule has 1 rings (SSSR count). The van der Waals surface area contributed by atoms with E-state index in [1.165, 1.54) is 0 Å². The number of nitrogens with zero attached hydrogens (tertiary/aromatic N) is 1. The summed E-state index contributed by atoms with van der Waals surface area (Å²) in [4.78, 5) is 23.7. The maximum Gasteiger partial charge on any atom is 0.417 e. The van der Waals surface area contributed by atoms with Gasteiger partial charge in [-0.3, -0.25) is 4.79 Å². The third kappa shape index (κ3) is 1.07. The number of imide groups is 1. The fourth-order valence-electron chi connectivity index (χ4n) is 1.16. The molecule has 0 N–H and O–H groups in total. The Labute approximate surface area is 71.5 Å². The first-order chi connectivity index (χ1) is 5.55. The molecular weight excluding hydrogens is 158 g/mol. The predicted molar refractivity (Wildman–Crippen MR) is 42.6 cm³/mol. The molecule has 1 saturated heterocycles. The predicted octanol–water partition coefficient (Wildman–Crippen LogP) is 1.15. The highest BCUT2D eigenvalue weighted by Crippen LogP contribution is 2.26. The molecule has 1 aliphatic rings. The van der Waals surface area contributed by atoms with Crippen molar-refractivity contribution in [1.82, 2.24) is 4.90 Å². The molecule has 1 heterocycles. The van der Waals surface area contributed by atoms with Gasteiger partial charge < -0.3 is 4.74 Å². The van der Waals surface area contributed by atoms with Crippen LogP contribution >= 0.6 is 0 Å². The Morgan fingerprint density at radius 1 is 1.42 bits per heavy atom. The monoisotopic (exact) mass is 171 g/mol. The highest BCUT2D eigenvalue weighted by atomic mass is 16.6. The minimum absolute atomic E-state index is 0.225. The van der Waals surface area contributed by atoms with Crippen LogP contribution in [0.5, 0.6) is 0 Å². The van der Waals surface area contributed by atoms with Crippen LogP contribution in [0.4, 0.5) is 4.79 Å². The van der Waals surface area contributed by atoms with Gasteiger partial charge in [0.1, 0.15) is 0 Å². The molecule has 4 nitrogen and oxygen atoms in total. The second-order valence-corrected chi connectivity index (χ2v) is 3.00. The maximum absolute atomic E-state index is 11.5. The van der Waals surface area contributed by atoms with Crippen LogP contribution in [0.2, 0.25) is 0 Å². The number of hydrogen-bond donors (Lipinski definition) is 0. The van der Waals surface area contributed by atoms with E-state index in [1.807, 2.05) is 6.92 Å². The van der Waals surface area contributed by atoms with Gasteiger partial charge in [-0.25, -0.2) is 9.69 Å². The minimum Gasteiger partial charge on any atom is -0.433 e. The van der Waals surface area contributed by atoms with Gasteiger partial charge in [0.25, 0.3) is 5.91 Å². The van der Waals surface area contributed by atoms with E-state index in [-0.39, 0.29) is 5.91 Å². The summed E-state index contributed by atoms with van der Waals surface area (Å²) in [7, 11) is 0. The van der Waals surface area contributed by atoms with Gasteiger partial charge in [0.15, 0.2) is 5.60 Å². The summed E-state index contributed by atoms with van der Waals surface area (Å²) in [5.41, 5.74) is -0.924. The normalized spacial score (nSPS) is 29.4. The molecule has 4 heteroatoms. The van der Waals surface area contributed by atoms with Crippen LogP contribution in [0.1, 0.15) is 27.2 Å². The Morgan fingerprint density at radius 2 is 2.00 bits per heavy atom. The first kappa shape index (κ1) is 9.03. The van der Waals surface area contributed by atoms with Gasteiger partial charge in [-0.2, -0.15) is 0 Å². The summed E-state index contributed by atoms with van der Waals surface area (Å²) in [6.45, 7) is 5.60. The Hall–Kier alpha value is -1.06. The van der Waals surface area contributed by atoms with E-state index < -0.39 is 11.7 Å². The van der Waals surface area contributed by atoms with E-state index in [2.05, 4.69) is 0 Å². The number of cyclic esters (lactones) is 1. The molecule has 1 fully saturated rings. The average molecular weight is 171 g/mol. The van der Waals surface area contributed by atoms with E-state index in [9.17, 15) is 9.59 Å². The third-order valence-corrected chi connectivity index (χ3v) is 2.22. The van der Waals surface area contributed by atoms with Crippen LogP contribution in [0, 0.1) is 0 Å². The van der Waals surface area contributed by atoms with Crippen molar-refractivity contribution in [3.63, 3.8) is 0 Å². The number of carbonyl (C=O) groups is 2. The van der Waals surface area contributed by atoms with E-state index in [0.717, 1.165) is 4.90 Å². The highest BCUT2D eigenvalue weighted by Gasteiger charge is 2.48. The highest BCUT2D eigenvalue weighted by molar-refractivity contribution is 6.02. The van der Waals surface area contributed by atoms with Crippen molar-refractivity contribution < 1.29 is 14.3 Å². The molecule has 0 aromatic rings. The number of hydrogen-bond acceptors (Lipinski definition) is 3. The molecule has 0 aromatic carbocycles. The molecule has 68 valence electrons. The molecule has 12 heavy (non-hydrogen) atoms. The van der Waals surface area contributed by atoms with Crippen LogP contribution < -0.4 is 0 Å². The van der Waals surface area contributed by atoms with Crippen molar-refractivity contribution in [2.45, 2.75) is 32.8 Å². The van der Waals surface area contributed by atoms with E-state index in [0.29, 0.717) is 13.0 Å². The van der Waals surface area contributed by atoms with Crippen LogP contribution in [0.3, 0.4) is 0 Å². The van der Waals surface area contributed by atoms with Crippen molar-refractivity contribution in [2.24, 2.45) is 0 Å². The summed E-state index contributed by atoms with van der Waals surface area (Å²) in [5, 5.41) is 0. The zero-order valence-corrected chi connectivity index (χ0v) is 7.59. The lowest BCUT2D eigenvalue weighted by molar-refractivity contribution is -0.135. The lowest BCUT2D eigenvalue weighted by atomic mass is 10.0. The van der Waals surface area contributed by atoms with Crippen molar-refractivity contribution in [3.8, 4) is 0 Å². The number of carbonyl (C=O) groups excluding carboxylic acids is 2. The molecule has 0 bridgehead atoms. The standard InChI is InChI=1S/C8H13NO3/c1-4-8(3)6(10)9(5-2)7(11)12-8/h4-5H2,1-3H3. The molecule has 0 spiro atoms. The van der Waals surface area contributed by atoms with E-state index >= 15 is 0 Å². The van der Waals surface area contributed by atoms with Crippen molar-refractivity contribution in [2.75, 3.05) is 6.54 Å². The molecule has 0 aromatic heterocycles. The van der Waals surface area contributed by atoms with Crippen LogP contribution in [0.15, 0.2) is 0 Å². The van der Waals surface area contributed by atoms with Gasteiger partial charge in [0.2, 0.25) is 0 Å². The lowest BCUT2D eigenvalue weighted by Crippen LogP contribution is -2.37. The summed E-state index contributed by atoms with van der Waals surface area (Å²) in [5.74, 6) is -0.225. The van der Waals surface area contributed by atoms with E-state index in [4.69, 9.17) is 4.74 Å². The van der Waals surface area contributed by atoms with Crippen LogP contribution in [-0.2, 0) is 9.53 Å². The van der Waals surface area contributed by atoms with Gasteiger partial charge in [-0.15, -0.1) is 0 Å². The Balaban J connectivity index is 2.89. The Bertz CT molecular complexity index is 226. The fraction of sp³-hybridized carbons (Fsp3) is 0.750. The summed E-state index contributed by atoms with van der Waals surface area (Å²) in [6.07, 6.45) is 0.000463. The van der Waals surface area contributed by atoms with Crippen LogP contribution in [-0.4, -0.2) is 29.0 Å². The average Bonchev–Trinajstić information content (AvgIpc) is 2.25. The van der Waals surface area contributed by atoms with Crippen molar-refractivity contribution in [1.29, 1.82) is 0 Å². The molecule has 2 amide bonds. The zero-order valence-electron chi connectivity index (χ0n) is 7.59. The minimum atomic E-state index is -0.924. The Kier molecular flexibility index (Phi) is 2.08. The lowest BCUT2D eigenvalue weighted by Gasteiger charge is -2.16. The summed E-state index contributed by atoms with van der Waals surface area (Å²) < 4.78 is 4.95. The topological polar surface area (TPSA) is 46.6 Å². The maximum atomic E-state index is 11.5. The largest absolute Gasteiger partial charge is 0.433 e. The van der Waals surface area contributed by atoms with Crippen molar-refractivity contribution in [3.05, 3.63) is 0 Å². The Morgan fingerprint density at radius 3 is 2.25 bits per heavy atom. The number of ether oxygens (including phenoxy) is 1. The molecular formula is C8H13NO3. The van der Waals surface area contributed by atoms with Gasteiger partial charge in [0.05, 0.1) is 0 Å². The third-order valence-electron chi connectivity index (χ3n) is 2.22. The number of likely N-dealkylation sites (N-methyl/N-ethyl adjacent to an activating group) is 1. The second kappa shape index (κ2) is 2.77. The molecule has 1 unspecified atom stereocenters. The summed E-state index contributed by atoms with van der Waals surface area (Å²) >= 11 is 0. The summed E-state index contributed by atoms with van der Waals surface area (Å²) in [6, 6.07) is 0. The molecule has 1 atom stereocenters. The fourth-order valence-corrected chi connectivity index (χ4v) is 1.16. The zero-order chi connectivity index (χ0) is 9.35. The SMILES string of the molecule is CCN1C(=O)OC(C)(CC)C1=O. The van der Waals surface area contributed by atoms with Crippen LogP contribution in [0.25, 0.3) is 0 Å². The van der Waals surface area contributed by atoms with Crippen molar-refractivity contribution >= 4 is 12.0 Å². The smallest absolute Gasteiger partial charge is 0.417 e. The van der Waals surface area contributed by atoms with Gasteiger partial charge >= 0.3 is 6.09 Å². The molecule has 0 aliphatic carbocycles. The quantitative estimate of drug-likeness (QED) is 0.626. The van der Waals surface area contributed by atoms with E-state index in [1.54, 1.807) is 13.8 Å².